The van der Waals surface area contributed by atoms with Gasteiger partial charge in [-0.1, -0.05) is 24.5 Å². The fourth-order valence-electron chi connectivity index (χ4n) is 2.50. The van der Waals surface area contributed by atoms with Crippen LogP contribution in [-0.4, -0.2) is 11.9 Å². The van der Waals surface area contributed by atoms with Gasteiger partial charge in [-0.05, 0) is 61.0 Å². The third-order valence-corrected chi connectivity index (χ3v) is 4.83. The molecule has 1 unspecified atom stereocenters. The molecule has 0 fully saturated rings. The Morgan fingerprint density at radius 1 is 1.39 bits per heavy atom. The maximum Gasteiger partial charge on any atom is 0.0819 e. The van der Waals surface area contributed by atoms with Crippen LogP contribution in [0.4, 0.5) is 0 Å². The Labute approximate surface area is 120 Å². The maximum atomic E-state index is 8.22. The molecule has 0 spiro atoms. The van der Waals surface area contributed by atoms with Crippen LogP contribution in [0.2, 0.25) is 0 Å². The van der Waals surface area contributed by atoms with Gasteiger partial charge in [0.1, 0.15) is 0 Å². The van der Waals surface area contributed by atoms with Crippen molar-refractivity contribution in [1.82, 2.24) is 0 Å². The van der Waals surface area contributed by atoms with Crippen molar-refractivity contribution >= 4 is 22.5 Å². The van der Waals surface area contributed by atoms with Crippen molar-refractivity contribution in [3.8, 4) is 0 Å². The molecule has 1 radical (unpaired) electrons. The Hall–Kier alpha value is 0.100. The lowest BCUT2D eigenvalue weighted by atomic mass is 9.88. The van der Waals surface area contributed by atoms with Crippen LogP contribution in [-0.2, 0) is 4.89 Å². The van der Waals surface area contributed by atoms with Crippen molar-refractivity contribution < 1.29 is 10.1 Å². The first kappa shape index (κ1) is 16.2. The average Bonchev–Trinajstić information content (AvgIpc) is 2.42. The number of hydrogen-bond acceptors (Lipinski definition) is 3. The monoisotopic (exact) mass is 287 g/mol. The van der Waals surface area contributed by atoms with E-state index in [0.717, 1.165) is 12.8 Å². The van der Waals surface area contributed by atoms with E-state index < -0.39 is 0 Å². The predicted molar refractivity (Wildman–Crippen MR) is 81.4 cm³/mol. The van der Waals surface area contributed by atoms with Gasteiger partial charge in [0, 0.05) is 10.8 Å². The third kappa shape index (κ3) is 5.39. The molecule has 0 heterocycles. The van der Waals surface area contributed by atoms with E-state index >= 15 is 0 Å². The summed E-state index contributed by atoms with van der Waals surface area (Å²) in [5.41, 5.74) is 1.56. The van der Waals surface area contributed by atoms with Crippen LogP contribution in [0.3, 0.4) is 0 Å². The third-order valence-electron chi connectivity index (χ3n) is 3.52. The molecule has 1 rings (SSSR count). The average molecular weight is 287 g/mol. The highest BCUT2D eigenvalue weighted by molar-refractivity contribution is 8.70. The molecule has 0 saturated heterocycles. The van der Waals surface area contributed by atoms with Crippen LogP contribution < -0.4 is 0 Å². The van der Waals surface area contributed by atoms with Gasteiger partial charge in [0.2, 0.25) is 0 Å². The summed E-state index contributed by atoms with van der Waals surface area (Å²) in [7, 11) is 1.50. The van der Waals surface area contributed by atoms with Crippen molar-refractivity contribution in [3.05, 3.63) is 23.1 Å². The van der Waals surface area contributed by atoms with E-state index in [4.69, 9.17) is 16.9 Å². The van der Waals surface area contributed by atoms with Crippen LogP contribution >= 0.6 is 22.5 Å². The van der Waals surface area contributed by atoms with Gasteiger partial charge in [-0.3, -0.25) is 5.26 Å². The molecule has 4 heteroatoms. The second-order valence-corrected chi connectivity index (χ2v) is 5.89. The van der Waals surface area contributed by atoms with Gasteiger partial charge in [0.05, 0.1) is 6.61 Å². The number of unbranched alkanes of at least 4 members (excludes halogenated alkanes) is 3. The van der Waals surface area contributed by atoms with E-state index in [1.807, 2.05) is 6.08 Å². The normalized spacial score (nSPS) is 20.2. The molecule has 0 saturated carbocycles. The zero-order chi connectivity index (χ0) is 13.2. The summed E-state index contributed by atoms with van der Waals surface area (Å²) >= 11 is 5.20. The molecule has 1 aliphatic rings. The first-order valence-corrected chi connectivity index (χ1v) is 8.48. The smallest absolute Gasteiger partial charge is 0.0819 e. The maximum absolute atomic E-state index is 8.22. The summed E-state index contributed by atoms with van der Waals surface area (Å²) in [6.45, 7) is 4.37. The first-order valence-electron chi connectivity index (χ1n) is 6.74. The first-order chi connectivity index (χ1) is 8.83. The molecule has 0 aromatic heterocycles. The van der Waals surface area contributed by atoms with Crippen LogP contribution in [0.15, 0.2) is 23.1 Å². The van der Waals surface area contributed by atoms with E-state index in [1.165, 1.54) is 54.2 Å². The summed E-state index contributed by atoms with van der Waals surface area (Å²) in [4.78, 5) is 5.46. The molecule has 0 bridgehead atoms. The van der Waals surface area contributed by atoms with E-state index in [0.29, 0.717) is 12.5 Å². The van der Waals surface area contributed by atoms with Crippen molar-refractivity contribution in [2.75, 3.05) is 6.61 Å². The summed E-state index contributed by atoms with van der Waals surface area (Å²) in [6, 6.07) is 0. The zero-order valence-corrected chi connectivity index (χ0v) is 12.5. The van der Waals surface area contributed by atoms with Gasteiger partial charge in [-0.25, -0.2) is 4.89 Å². The Morgan fingerprint density at radius 2 is 2.17 bits per heavy atom. The number of allylic oxidation sites excluding steroid dienone is 3. The molecule has 18 heavy (non-hydrogen) atoms. The minimum atomic E-state index is 0.453. The van der Waals surface area contributed by atoms with Crippen molar-refractivity contribution in [3.63, 3.8) is 0 Å². The summed E-state index contributed by atoms with van der Waals surface area (Å²) < 4.78 is 0. The van der Waals surface area contributed by atoms with Gasteiger partial charge >= 0.3 is 0 Å². The van der Waals surface area contributed by atoms with Crippen molar-refractivity contribution in [1.29, 1.82) is 0 Å². The molecule has 103 valence electrons. The van der Waals surface area contributed by atoms with Gasteiger partial charge in [0.15, 0.2) is 0 Å². The van der Waals surface area contributed by atoms with Crippen molar-refractivity contribution in [2.24, 2.45) is 5.92 Å². The molecule has 0 aromatic rings. The Bertz CT molecular complexity index is 277. The van der Waals surface area contributed by atoms with Gasteiger partial charge in [-0.2, -0.15) is 0 Å². The fourth-order valence-corrected chi connectivity index (χ4v) is 3.89. The van der Waals surface area contributed by atoms with Crippen molar-refractivity contribution in [2.45, 2.75) is 51.4 Å². The highest BCUT2D eigenvalue weighted by Crippen LogP contribution is 2.41. The highest BCUT2D eigenvalue weighted by Gasteiger charge is 2.20. The van der Waals surface area contributed by atoms with E-state index in [1.54, 1.807) is 5.57 Å². The Kier molecular flexibility index (Phi) is 8.94. The SMILES string of the molecule is C=CC1CCCC(CCCCCCOO)=C1S[S]. The minimum Gasteiger partial charge on any atom is -0.252 e. The quantitative estimate of drug-likeness (QED) is 0.199. The Morgan fingerprint density at radius 3 is 2.83 bits per heavy atom. The van der Waals surface area contributed by atoms with Gasteiger partial charge in [-0.15, -0.1) is 6.58 Å². The fraction of sp³-hybridized carbons (Fsp3) is 0.714. The predicted octanol–water partition coefficient (Wildman–Crippen LogP) is 5.51. The van der Waals surface area contributed by atoms with Crippen LogP contribution in [0.25, 0.3) is 0 Å². The molecule has 1 atom stereocenters. The molecule has 1 N–H and O–H groups in total. The molecular weight excluding hydrogens is 264 g/mol. The second-order valence-electron chi connectivity index (χ2n) is 4.78. The van der Waals surface area contributed by atoms with Crippen LogP contribution in [0.5, 0.6) is 0 Å². The lowest BCUT2D eigenvalue weighted by molar-refractivity contribution is -0.242. The molecule has 2 nitrogen and oxygen atoms in total. The largest absolute Gasteiger partial charge is 0.252 e. The van der Waals surface area contributed by atoms with E-state index in [-0.39, 0.29) is 0 Å². The minimum absolute atomic E-state index is 0.453. The molecule has 1 aliphatic carbocycles. The molecule has 0 aromatic carbocycles. The second kappa shape index (κ2) is 9.96. The standard InChI is InChI=1S/C14H23O2S2/c1-2-12-9-7-10-13(14(12)18-17)8-5-3-4-6-11-16-15/h2,12,15H,1,3-11H2. The molecule has 0 aliphatic heterocycles. The highest BCUT2D eigenvalue weighted by atomic mass is 33.1. The number of rotatable bonds is 9. The van der Waals surface area contributed by atoms with E-state index in [9.17, 15) is 0 Å². The molecule has 0 amide bonds. The topological polar surface area (TPSA) is 29.5 Å². The molecular formula is C14H23O2S2. The van der Waals surface area contributed by atoms with Crippen LogP contribution in [0, 0.1) is 5.92 Å². The summed E-state index contributed by atoms with van der Waals surface area (Å²) in [5, 5.41) is 8.22. The Balaban J connectivity index is 2.33. The summed E-state index contributed by atoms with van der Waals surface area (Å²) in [6.07, 6.45) is 11.4. The van der Waals surface area contributed by atoms with E-state index in [2.05, 4.69) is 11.5 Å². The zero-order valence-electron chi connectivity index (χ0n) is 10.9. The lowest BCUT2D eigenvalue weighted by Gasteiger charge is -2.24. The number of hydrogen-bond donors (Lipinski definition) is 1. The summed E-state index contributed by atoms with van der Waals surface area (Å²) in [5.74, 6) is 0.499. The van der Waals surface area contributed by atoms with Gasteiger partial charge in [0.25, 0.3) is 0 Å². The van der Waals surface area contributed by atoms with Crippen LogP contribution in [0.1, 0.15) is 51.4 Å². The lowest BCUT2D eigenvalue weighted by Crippen LogP contribution is -2.07. The van der Waals surface area contributed by atoms with Gasteiger partial charge < -0.3 is 0 Å².